The number of hydrogen-bond donors (Lipinski definition) is 2. The fourth-order valence-electron chi connectivity index (χ4n) is 2.31. The van der Waals surface area contributed by atoms with Gasteiger partial charge in [0.15, 0.2) is 5.17 Å². The third kappa shape index (κ3) is 5.49. The zero-order valence-electron chi connectivity index (χ0n) is 11.9. The number of aliphatic hydroxyl groups is 1. The molecule has 0 aliphatic carbocycles. The Bertz CT molecular complexity index is 478. The number of pyridine rings is 1. The molecule has 2 N–H and O–H groups in total. The van der Waals surface area contributed by atoms with Crippen molar-refractivity contribution in [2.45, 2.75) is 25.4 Å². The Morgan fingerprint density at radius 3 is 2.90 bits per heavy atom. The molecule has 1 atom stereocenters. The maximum atomic E-state index is 9.91. The summed E-state index contributed by atoms with van der Waals surface area (Å²) >= 11 is 5.96. The predicted molar refractivity (Wildman–Crippen MR) is 78.5 cm³/mol. The van der Waals surface area contributed by atoms with Crippen LogP contribution in [0.2, 0.25) is 0 Å². The summed E-state index contributed by atoms with van der Waals surface area (Å²) in [5, 5.41) is 23.1. The molecule has 1 aliphatic heterocycles. The lowest BCUT2D eigenvalue weighted by Gasteiger charge is -2.27. The van der Waals surface area contributed by atoms with Gasteiger partial charge in [-0.25, -0.2) is 0 Å². The Morgan fingerprint density at radius 2 is 2.19 bits per heavy atom. The minimum Gasteiger partial charge on any atom is -0.392 e. The lowest BCUT2D eigenvalue weighted by atomic mass is 10.1. The van der Waals surface area contributed by atoms with Gasteiger partial charge in [-0.15, -0.1) is 0 Å². The van der Waals surface area contributed by atoms with Gasteiger partial charge in [0, 0.05) is 17.3 Å². The summed E-state index contributed by atoms with van der Waals surface area (Å²) in [4.78, 5) is 7.31. The molecule has 6 nitrogen and oxygen atoms in total. The second kappa shape index (κ2) is 8.17. The SMILES string of the molecule is O[C@H](CO/N=C(\Cl)c1ccc[n+](O)c1)CN1CCCCC1. The van der Waals surface area contributed by atoms with Crippen molar-refractivity contribution < 1.29 is 19.9 Å². The van der Waals surface area contributed by atoms with Gasteiger partial charge < -0.3 is 14.8 Å². The molecule has 1 aromatic rings. The van der Waals surface area contributed by atoms with E-state index in [-0.39, 0.29) is 11.8 Å². The van der Waals surface area contributed by atoms with Crippen molar-refractivity contribution >= 4 is 16.8 Å². The molecule has 0 radical (unpaired) electrons. The fraction of sp³-hybridized carbons (Fsp3) is 0.571. The average Bonchev–Trinajstić information content (AvgIpc) is 2.48. The van der Waals surface area contributed by atoms with E-state index in [0.29, 0.717) is 12.1 Å². The third-order valence-corrected chi connectivity index (χ3v) is 3.64. The van der Waals surface area contributed by atoms with Crippen LogP contribution in [0.3, 0.4) is 0 Å². The van der Waals surface area contributed by atoms with Gasteiger partial charge in [0.05, 0.1) is 5.56 Å². The van der Waals surface area contributed by atoms with E-state index in [1.54, 1.807) is 12.1 Å². The topological polar surface area (TPSA) is 69.2 Å². The normalized spacial score (nSPS) is 18.5. The zero-order valence-corrected chi connectivity index (χ0v) is 12.6. The fourth-order valence-corrected chi connectivity index (χ4v) is 2.47. The maximum absolute atomic E-state index is 9.91. The number of β-amino-alcohol motifs (C(OH)–C–C–N with tert-alkyl or cyclic N) is 1. The van der Waals surface area contributed by atoms with Crippen LogP contribution in [0.1, 0.15) is 24.8 Å². The van der Waals surface area contributed by atoms with Crippen molar-refractivity contribution in [1.82, 2.24) is 4.90 Å². The molecule has 1 fully saturated rings. The zero-order chi connectivity index (χ0) is 15.1. The number of halogens is 1. The molecule has 2 heterocycles. The molecule has 1 saturated heterocycles. The molecule has 7 heteroatoms. The molecule has 0 saturated carbocycles. The van der Waals surface area contributed by atoms with Crippen LogP contribution in [-0.4, -0.2) is 52.7 Å². The summed E-state index contributed by atoms with van der Waals surface area (Å²) in [6, 6.07) is 3.34. The number of nitrogens with zero attached hydrogens (tertiary/aromatic N) is 3. The summed E-state index contributed by atoms with van der Waals surface area (Å²) in [5.41, 5.74) is 0.534. The lowest BCUT2D eigenvalue weighted by Crippen LogP contribution is -2.38. The van der Waals surface area contributed by atoms with E-state index in [0.717, 1.165) is 17.8 Å². The quantitative estimate of drug-likeness (QED) is 0.355. The van der Waals surface area contributed by atoms with Gasteiger partial charge in [-0.2, -0.15) is 0 Å². The minimum atomic E-state index is -0.588. The number of hydrogen-bond acceptors (Lipinski definition) is 5. The van der Waals surface area contributed by atoms with Crippen LogP contribution in [0.4, 0.5) is 0 Å². The largest absolute Gasteiger partial charge is 0.392 e. The molecule has 0 aromatic carbocycles. The standard InChI is InChI=1S/C14H21ClN3O3/c15-14(12-5-4-8-18(20)9-12)16-21-11-13(19)10-17-6-2-1-3-7-17/h4-5,8-9,13,19-20H,1-3,6-7,10-11H2/q+1/b16-14-/t13-/m0/s1. The molecule has 0 bridgehead atoms. The van der Waals surface area contributed by atoms with Crippen molar-refractivity contribution in [3.63, 3.8) is 0 Å². The molecular weight excluding hydrogens is 294 g/mol. The molecule has 1 aliphatic rings. The van der Waals surface area contributed by atoms with Crippen molar-refractivity contribution in [3.8, 4) is 0 Å². The third-order valence-electron chi connectivity index (χ3n) is 3.35. The number of likely N-dealkylation sites (tertiary alicyclic amines) is 1. The summed E-state index contributed by atoms with van der Waals surface area (Å²) in [6.07, 6.45) is 5.94. The molecule has 21 heavy (non-hydrogen) atoms. The van der Waals surface area contributed by atoms with Crippen LogP contribution in [0.25, 0.3) is 0 Å². The first-order valence-electron chi connectivity index (χ1n) is 7.12. The maximum Gasteiger partial charge on any atom is 0.232 e. The molecule has 0 spiro atoms. The number of aromatic nitrogens is 1. The Kier molecular flexibility index (Phi) is 6.22. The first-order chi connectivity index (χ1) is 10.1. The van der Waals surface area contributed by atoms with Gasteiger partial charge in [0.2, 0.25) is 12.4 Å². The van der Waals surface area contributed by atoms with E-state index in [1.807, 2.05) is 0 Å². The van der Waals surface area contributed by atoms with E-state index in [1.165, 1.54) is 31.7 Å². The van der Waals surface area contributed by atoms with Gasteiger partial charge in [-0.3, -0.25) is 5.21 Å². The highest BCUT2D eigenvalue weighted by Crippen LogP contribution is 2.09. The Morgan fingerprint density at radius 1 is 1.43 bits per heavy atom. The Balaban J connectivity index is 1.75. The van der Waals surface area contributed by atoms with Crippen LogP contribution >= 0.6 is 11.6 Å². The van der Waals surface area contributed by atoms with E-state index < -0.39 is 6.10 Å². The molecule has 1 aromatic heterocycles. The summed E-state index contributed by atoms with van der Waals surface area (Å²) in [5.74, 6) is 0. The van der Waals surface area contributed by atoms with Crippen LogP contribution in [0.15, 0.2) is 29.7 Å². The summed E-state index contributed by atoms with van der Waals surface area (Å²) in [6.45, 7) is 2.75. The van der Waals surface area contributed by atoms with E-state index >= 15 is 0 Å². The van der Waals surface area contributed by atoms with Crippen molar-refractivity contribution in [1.29, 1.82) is 0 Å². The number of piperidine rings is 1. The smallest absolute Gasteiger partial charge is 0.232 e. The molecule has 0 unspecified atom stereocenters. The highest BCUT2D eigenvalue weighted by molar-refractivity contribution is 6.69. The first-order valence-corrected chi connectivity index (χ1v) is 7.50. The molecular formula is C14H21ClN3O3+. The van der Waals surface area contributed by atoms with Crippen LogP contribution < -0.4 is 4.73 Å². The van der Waals surface area contributed by atoms with Crippen molar-refractivity contribution in [3.05, 3.63) is 30.1 Å². The van der Waals surface area contributed by atoms with Crippen molar-refractivity contribution in [2.24, 2.45) is 5.16 Å². The molecule has 0 amide bonds. The number of aliphatic hydroxyl groups excluding tert-OH is 1. The second-order valence-corrected chi connectivity index (χ2v) is 5.52. The van der Waals surface area contributed by atoms with Crippen LogP contribution in [0, 0.1) is 0 Å². The van der Waals surface area contributed by atoms with Crippen molar-refractivity contribution in [2.75, 3.05) is 26.2 Å². The first kappa shape index (κ1) is 16.0. The minimum absolute atomic E-state index is 0.0959. The average molecular weight is 315 g/mol. The monoisotopic (exact) mass is 314 g/mol. The lowest BCUT2D eigenvalue weighted by molar-refractivity contribution is -0.904. The van der Waals surface area contributed by atoms with Crippen LogP contribution in [-0.2, 0) is 4.84 Å². The van der Waals surface area contributed by atoms with Crippen LogP contribution in [0.5, 0.6) is 0 Å². The van der Waals surface area contributed by atoms with Gasteiger partial charge in [-0.1, -0.05) is 23.2 Å². The second-order valence-electron chi connectivity index (χ2n) is 5.17. The predicted octanol–water partition coefficient (Wildman–Crippen LogP) is 0.975. The molecule has 2 rings (SSSR count). The van der Waals surface area contributed by atoms with E-state index in [9.17, 15) is 10.3 Å². The Labute approximate surface area is 129 Å². The number of oxime groups is 1. The number of rotatable bonds is 6. The highest BCUT2D eigenvalue weighted by Gasteiger charge is 2.15. The molecule has 116 valence electrons. The highest BCUT2D eigenvalue weighted by atomic mass is 35.5. The van der Waals surface area contributed by atoms with Gasteiger partial charge in [0.25, 0.3) is 0 Å². The summed E-state index contributed by atoms with van der Waals surface area (Å²) < 4.78 is 0.887. The van der Waals surface area contributed by atoms with E-state index in [4.69, 9.17) is 16.4 Å². The van der Waals surface area contributed by atoms with Gasteiger partial charge >= 0.3 is 0 Å². The van der Waals surface area contributed by atoms with Gasteiger partial charge in [-0.05, 0) is 32.0 Å². The van der Waals surface area contributed by atoms with Gasteiger partial charge in [0.1, 0.15) is 12.7 Å². The summed E-state index contributed by atoms with van der Waals surface area (Å²) in [7, 11) is 0. The van der Waals surface area contributed by atoms with E-state index in [2.05, 4.69) is 10.1 Å². The Hall–Kier alpha value is -1.37.